The van der Waals surface area contributed by atoms with Crippen molar-refractivity contribution in [2.24, 2.45) is 5.92 Å². The smallest absolute Gasteiger partial charge is 0.241 e. The second-order valence-corrected chi connectivity index (χ2v) is 9.40. The summed E-state index contributed by atoms with van der Waals surface area (Å²) in [5.41, 5.74) is 4.56. The van der Waals surface area contributed by atoms with E-state index in [4.69, 9.17) is 9.26 Å². The van der Waals surface area contributed by atoms with Gasteiger partial charge >= 0.3 is 0 Å². The van der Waals surface area contributed by atoms with Crippen LogP contribution in [0.25, 0.3) is 11.4 Å². The fourth-order valence-corrected chi connectivity index (χ4v) is 4.19. The van der Waals surface area contributed by atoms with E-state index in [0.717, 1.165) is 42.8 Å². The van der Waals surface area contributed by atoms with E-state index >= 15 is 0 Å². The number of benzene rings is 2. The van der Waals surface area contributed by atoms with Crippen molar-refractivity contribution in [1.29, 1.82) is 0 Å². The maximum absolute atomic E-state index is 12.7. The lowest BCUT2D eigenvalue weighted by Crippen LogP contribution is -2.44. The topological polar surface area (TPSA) is 80.5 Å². The van der Waals surface area contributed by atoms with E-state index in [2.05, 4.69) is 40.3 Å². The van der Waals surface area contributed by atoms with Gasteiger partial charge in [0.15, 0.2) is 0 Å². The summed E-state index contributed by atoms with van der Waals surface area (Å²) in [4.78, 5) is 19.6. The molecule has 1 saturated heterocycles. The number of rotatable bonds is 8. The number of aromatic nitrogens is 2. The molecular weight excluding hydrogens is 428 g/mol. The van der Waals surface area contributed by atoms with Crippen molar-refractivity contribution in [3.8, 4) is 17.1 Å². The Morgan fingerprint density at radius 2 is 1.94 bits per heavy atom. The molecule has 0 aliphatic carbocycles. The summed E-state index contributed by atoms with van der Waals surface area (Å²) < 4.78 is 11.3. The number of nitrogens with zero attached hydrogens (tertiary/aromatic N) is 3. The molecule has 0 saturated carbocycles. The Bertz CT molecular complexity index is 1120. The van der Waals surface area contributed by atoms with Gasteiger partial charge in [-0.3, -0.25) is 9.69 Å². The summed E-state index contributed by atoms with van der Waals surface area (Å²) >= 11 is 0. The molecule has 1 atom stereocenters. The van der Waals surface area contributed by atoms with Crippen LogP contribution < -0.4 is 10.1 Å². The van der Waals surface area contributed by atoms with Gasteiger partial charge in [-0.1, -0.05) is 35.0 Å². The number of hydrogen-bond donors (Lipinski definition) is 1. The fraction of sp³-hybridized carbons (Fsp3) is 0.444. The quantitative estimate of drug-likeness (QED) is 0.532. The Morgan fingerprint density at radius 1 is 1.15 bits per heavy atom. The Morgan fingerprint density at radius 3 is 2.68 bits per heavy atom. The minimum Gasteiger partial charge on any atom is -0.491 e. The van der Waals surface area contributed by atoms with E-state index in [-0.39, 0.29) is 17.9 Å². The molecule has 0 spiro atoms. The van der Waals surface area contributed by atoms with Crippen LogP contribution in [0.5, 0.6) is 5.75 Å². The first-order valence-electron chi connectivity index (χ1n) is 12.0. The van der Waals surface area contributed by atoms with Crippen molar-refractivity contribution in [3.05, 3.63) is 65.0 Å². The number of nitrogens with one attached hydrogen (secondary N) is 1. The van der Waals surface area contributed by atoms with Gasteiger partial charge < -0.3 is 14.6 Å². The highest BCUT2D eigenvalue weighted by Crippen LogP contribution is 2.21. The first-order chi connectivity index (χ1) is 16.4. The third kappa shape index (κ3) is 6.23. The number of hydrogen-bond acceptors (Lipinski definition) is 6. The van der Waals surface area contributed by atoms with E-state index in [9.17, 15) is 4.79 Å². The molecule has 3 aromatic rings. The molecule has 0 bridgehead atoms. The SMILES string of the molecule is Cc1cccc(-c2noc(CN3CCC(C(=O)NC(C)COc4ccc(C)c(C)c4)CC3)n2)c1. The fourth-order valence-electron chi connectivity index (χ4n) is 4.19. The van der Waals surface area contributed by atoms with Crippen LogP contribution in [0.3, 0.4) is 0 Å². The molecule has 1 aliphatic rings. The zero-order chi connectivity index (χ0) is 24.1. The van der Waals surface area contributed by atoms with Crippen LogP contribution >= 0.6 is 0 Å². The Hall–Kier alpha value is -3.19. The molecule has 7 nitrogen and oxygen atoms in total. The molecule has 34 heavy (non-hydrogen) atoms. The van der Waals surface area contributed by atoms with E-state index in [1.54, 1.807) is 0 Å². The second-order valence-electron chi connectivity index (χ2n) is 9.40. The molecule has 1 aromatic heterocycles. The molecule has 2 aromatic carbocycles. The summed E-state index contributed by atoms with van der Waals surface area (Å²) in [6.07, 6.45) is 1.63. The lowest BCUT2D eigenvalue weighted by Gasteiger charge is -2.30. The number of carbonyl (C=O) groups excluding carboxylic acids is 1. The van der Waals surface area contributed by atoms with Gasteiger partial charge in [-0.25, -0.2) is 0 Å². The summed E-state index contributed by atoms with van der Waals surface area (Å²) in [7, 11) is 0. The summed E-state index contributed by atoms with van der Waals surface area (Å²) in [5, 5.41) is 7.24. The average Bonchev–Trinajstić information content (AvgIpc) is 3.29. The van der Waals surface area contributed by atoms with Gasteiger partial charge in [0.1, 0.15) is 12.4 Å². The molecule has 4 rings (SSSR count). The van der Waals surface area contributed by atoms with Gasteiger partial charge in [0.2, 0.25) is 17.6 Å². The highest BCUT2D eigenvalue weighted by Gasteiger charge is 2.27. The Balaban J connectivity index is 1.20. The van der Waals surface area contributed by atoms with Crippen molar-refractivity contribution in [3.63, 3.8) is 0 Å². The van der Waals surface area contributed by atoms with E-state index in [0.29, 0.717) is 24.9 Å². The molecule has 7 heteroatoms. The normalized spacial score (nSPS) is 15.8. The van der Waals surface area contributed by atoms with E-state index in [1.165, 1.54) is 11.1 Å². The van der Waals surface area contributed by atoms with Gasteiger partial charge in [-0.05, 0) is 83.0 Å². The zero-order valence-corrected chi connectivity index (χ0v) is 20.5. The third-order valence-electron chi connectivity index (χ3n) is 6.43. The van der Waals surface area contributed by atoms with Crippen molar-refractivity contribution in [1.82, 2.24) is 20.4 Å². The first-order valence-corrected chi connectivity index (χ1v) is 12.0. The lowest BCUT2D eigenvalue weighted by molar-refractivity contribution is -0.127. The highest BCUT2D eigenvalue weighted by molar-refractivity contribution is 5.79. The molecule has 1 unspecified atom stereocenters. The highest BCUT2D eigenvalue weighted by atomic mass is 16.5. The molecule has 1 amide bonds. The number of carbonyl (C=O) groups is 1. The molecular formula is C27H34N4O3. The van der Waals surface area contributed by atoms with Gasteiger partial charge in [0.05, 0.1) is 12.6 Å². The largest absolute Gasteiger partial charge is 0.491 e. The van der Waals surface area contributed by atoms with Gasteiger partial charge in [-0.2, -0.15) is 4.98 Å². The second kappa shape index (κ2) is 10.8. The standard InChI is InChI=1S/C27H34N4O3/c1-18-6-5-7-23(14-18)26-29-25(34-30-26)16-31-12-10-22(11-13-31)27(32)28-21(4)17-33-24-9-8-19(2)20(3)15-24/h5-9,14-15,21-22H,10-13,16-17H2,1-4H3,(H,28,32). The van der Waals surface area contributed by atoms with Gasteiger partial charge in [0, 0.05) is 11.5 Å². The summed E-state index contributed by atoms with van der Waals surface area (Å²) in [6, 6.07) is 14.1. The van der Waals surface area contributed by atoms with Crippen LogP contribution in [0, 0.1) is 26.7 Å². The van der Waals surface area contributed by atoms with Crippen LogP contribution in [0.4, 0.5) is 0 Å². The maximum Gasteiger partial charge on any atom is 0.241 e. The number of amides is 1. The summed E-state index contributed by atoms with van der Waals surface area (Å²) in [5.74, 6) is 2.19. The Kier molecular flexibility index (Phi) is 7.63. The van der Waals surface area contributed by atoms with Crippen molar-refractivity contribution < 1.29 is 14.1 Å². The number of aryl methyl sites for hydroxylation is 3. The molecule has 1 fully saturated rings. The zero-order valence-electron chi connectivity index (χ0n) is 20.5. The van der Waals surface area contributed by atoms with Crippen LogP contribution in [-0.2, 0) is 11.3 Å². The van der Waals surface area contributed by atoms with Gasteiger partial charge in [0.25, 0.3) is 0 Å². The lowest BCUT2D eigenvalue weighted by atomic mass is 9.95. The summed E-state index contributed by atoms with van der Waals surface area (Å²) in [6.45, 7) is 10.9. The van der Waals surface area contributed by atoms with Gasteiger partial charge in [-0.15, -0.1) is 0 Å². The Labute approximate surface area is 201 Å². The number of ether oxygens (including phenoxy) is 1. The molecule has 0 radical (unpaired) electrons. The molecule has 1 N–H and O–H groups in total. The van der Waals surface area contributed by atoms with Crippen molar-refractivity contribution in [2.75, 3.05) is 19.7 Å². The minimum absolute atomic E-state index is 0.0193. The van der Waals surface area contributed by atoms with E-state index < -0.39 is 0 Å². The number of piperidine rings is 1. The minimum atomic E-state index is -0.0504. The average molecular weight is 463 g/mol. The molecule has 180 valence electrons. The van der Waals surface area contributed by atoms with Crippen LogP contribution in [0.2, 0.25) is 0 Å². The monoisotopic (exact) mass is 462 g/mol. The maximum atomic E-state index is 12.7. The van der Waals surface area contributed by atoms with E-state index in [1.807, 2.05) is 50.2 Å². The van der Waals surface area contributed by atoms with Crippen molar-refractivity contribution in [2.45, 2.75) is 53.1 Å². The third-order valence-corrected chi connectivity index (χ3v) is 6.43. The first kappa shape index (κ1) is 24.0. The number of likely N-dealkylation sites (tertiary alicyclic amines) is 1. The molecule has 1 aliphatic heterocycles. The predicted molar refractivity (Wildman–Crippen MR) is 131 cm³/mol. The predicted octanol–water partition coefficient (Wildman–Crippen LogP) is 4.46. The van der Waals surface area contributed by atoms with Crippen LogP contribution in [0.1, 0.15) is 42.3 Å². The van der Waals surface area contributed by atoms with Crippen molar-refractivity contribution >= 4 is 5.91 Å². The van der Waals surface area contributed by atoms with Crippen LogP contribution in [-0.4, -0.2) is 46.7 Å². The van der Waals surface area contributed by atoms with Crippen LogP contribution in [0.15, 0.2) is 47.0 Å². The molecule has 2 heterocycles.